The molecular formula is C27H48N. The molecule has 28 heavy (non-hydrogen) atoms. The van der Waals surface area contributed by atoms with E-state index in [0.29, 0.717) is 0 Å². The topological polar surface area (TPSA) is 12.9 Å². The molecule has 1 heteroatoms. The molecule has 1 nitrogen and oxygen atoms in total. The number of rotatable bonds is 20. The second kappa shape index (κ2) is 19.5. The van der Waals surface area contributed by atoms with E-state index in [1.165, 1.54) is 127 Å². The first-order valence-corrected chi connectivity index (χ1v) is 12.7. The minimum absolute atomic E-state index is 1.14. The fourth-order valence-electron chi connectivity index (χ4n) is 3.97. The number of aryl methyl sites for hydroxylation is 2. The molecule has 0 aliphatic rings. The van der Waals surface area contributed by atoms with Gasteiger partial charge in [0.05, 0.1) is 0 Å². The zero-order chi connectivity index (χ0) is 20.1. The molecule has 1 aromatic heterocycles. The molecule has 161 valence electrons. The van der Waals surface area contributed by atoms with Crippen LogP contribution in [0, 0.1) is 6.07 Å². The van der Waals surface area contributed by atoms with Crippen LogP contribution >= 0.6 is 0 Å². The number of hydrogen-bond donors (Lipinski definition) is 0. The summed E-state index contributed by atoms with van der Waals surface area (Å²) in [7, 11) is 0. The van der Waals surface area contributed by atoms with E-state index in [1.54, 1.807) is 0 Å². The molecule has 1 heterocycles. The Morgan fingerprint density at radius 1 is 0.500 bits per heavy atom. The van der Waals surface area contributed by atoms with Crippen molar-refractivity contribution in [3.8, 4) is 0 Å². The van der Waals surface area contributed by atoms with Crippen molar-refractivity contribution >= 4 is 0 Å². The molecule has 0 aliphatic carbocycles. The Hall–Kier alpha value is -0.850. The average Bonchev–Trinajstić information content (AvgIpc) is 2.72. The minimum atomic E-state index is 1.14. The van der Waals surface area contributed by atoms with Crippen molar-refractivity contribution in [2.45, 2.75) is 142 Å². The highest BCUT2D eigenvalue weighted by atomic mass is 14.7. The van der Waals surface area contributed by atoms with Gasteiger partial charge in [-0.25, -0.2) is 0 Å². The van der Waals surface area contributed by atoms with Gasteiger partial charge in [0.25, 0.3) is 0 Å². The molecule has 0 aliphatic heterocycles. The van der Waals surface area contributed by atoms with E-state index in [4.69, 9.17) is 4.98 Å². The van der Waals surface area contributed by atoms with E-state index < -0.39 is 0 Å². The molecule has 0 bridgehead atoms. The summed E-state index contributed by atoms with van der Waals surface area (Å²) < 4.78 is 0. The number of hydrogen-bond acceptors (Lipinski definition) is 1. The van der Waals surface area contributed by atoms with Gasteiger partial charge in [0.15, 0.2) is 0 Å². The first kappa shape index (κ1) is 25.2. The van der Waals surface area contributed by atoms with Crippen molar-refractivity contribution in [1.82, 2.24) is 4.98 Å². The van der Waals surface area contributed by atoms with Crippen LogP contribution in [0.5, 0.6) is 0 Å². The number of nitrogens with zero attached hydrogens (tertiary/aromatic N) is 1. The maximum atomic E-state index is 4.88. The summed E-state index contributed by atoms with van der Waals surface area (Å²) in [6.45, 7) is 4.58. The average molecular weight is 387 g/mol. The van der Waals surface area contributed by atoms with E-state index in [2.05, 4.69) is 32.0 Å². The van der Waals surface area contributed by atoms with Crippen molar-refractivity contribution in [2.75, 3.05) is 0 Å². The van der Waals surface area contributed by atoms with Gasteiger partial charge in [0.2, 0.25) is 0 Å². The third-order valence-electron chi connectivity index (χ3n) is 5.86. The van der Waals surface area contributed by atoms with Crippen molar-refractivity contribution in [2.24, 2.45) is 0 Å². The van der Waals surface area contributed by atoms with Gasteiger partial charge in [-0.15, -0.1) is 0 Å². The maximum absolute atomic E-state index is 4.88. The molecule has 1 aromatic rings. The van der Waals surface area contributed by atoms with Crippen LogP contribution in [-0.4, -0.2) is 4.98 Å². The Kier molecular flexibility index (Phi) is 17.5. The summed E-state index contributed by atoms with van der Waals surface area (Å²) >= 11 is 0. The second-order valence-electron chi connectivity index (χ2n) is 8.71. The Morgan fingerprint density at radius 3 is 1.18 bits per heavy atom. The van der Waals surface area contributed by atoms with Gasteiger partial charge in [0.1, 0.15) is 0 Å². The Morgan fingerprint density at radius 2 is 0.821 bits per heavy atom. The number of aromatic nitrogens is 1. The van der Waals surface area contributed by atoms with Crippen LogP contribution in [0.4, 0.5) is 0 Å². The Balaban J connectivity index is 2.00. The summed E-state index contributed by atoms with van der Waals surface area (Å²) in [6, 6.07) is 7.53. The van der Waals surface area contributed by atoms with Gasteiger partial charge in [0, 0.05) is 11.4 Å². The predicted molar refractivity (Wildman–Crippen MR) is 125 cm³/mol. The summed E-state index contributed by atoms with van der Waals surface area (Å²) in [5.41, 5.74) is 2.52. The van der Waals surface area contributed by atoms with Crippen LogP contribution in [0.3, 0.4) is 0 Å². The van der Waals surface area contributed by atoms with Gasteiger partial charge in [-0.05, 0) is 43.9 Å². The molecule has 0 fully saturated rings. The first-order chi connectivity index (χ1) is 13.9. The molecule has 0 spiro atoms. The minimum Gasteiger partial charge on any atom is -0.258 e. The molecule has 0 N–H and O–H groups in total. The molecule has 1 radical (unpaired) electrons. The molecule has 0 amide bonds. The van der Waals surface area contributed by atoms with Crippen LogP contribution < -0.4 is 0 Å². The highest BCUT2D eigenvalue weighted by Gasteiger charge is 2.00. The lowest BCUT2D eigenvalue weighted by Gasteiger charge is -2.05. The Bertz CT molecular complexity index is 402. The van der Waals surface area contributed by atoms with Crippen molar-refractivity contribution in [3.63, 3.8) is 0 Å². The lowest BCUT2D eigenvalue weighted by atomic mass is 10.0. The number of unbranched alkanes of at least 4 members (excludes halogenated alkanes) is 16. The van der Waals surface area contributed by atoms with E-state index in [0.717, 1.165) is 12.8 Å². The van der Waals surface area contributed by atoms with Crippen LogP contribution in [0.2, 0.25) is 0 Å². The van der Waals surface area contributed by atoms with Gasteiger partial charge in [-0.3, -0.25) is 4.98 Å². The predicted octanol–water partition coefficient (Wildman–Crippen LogP) is 9.03. The zero-order valence-corrected chi connectivity index (χ0v) is 19.2. The summed E-state index contributed by atoms with van der Waals surface area (Å²) in [5.74, 6) is 0. The van der Waals surface area contributed by atoms with E-state index in [-0.39, 0.29) is 0 Å². The van der Waals surface area contributed by atoms with Crippen molar-refractivity contribution in [3.05, 3.63) is 29.6 Å². The van der Waals surface area contributed by atoms with Crippen molar-refractivity contribution in [1.29, 1.82) is 0 Å². The molecular weight excluding hydrogens is 338 g/mol. The quantitative estimate of drug-likeness (QED) is 0.204. The van der Waals surface area contributed by atoms with Gasteiger partial charge in [-0.1, -0.05) is 117 Å². The summed E-state index contributed by atoms with van der Waals surface area (Å²) in [6.07, 6.45) is 27.3. The fraction of sp³-hybridized carbons (Fsp3) is 0.815. The smallest absolute Gasteiger partial charge is 0.0413 e. The molecule has 0 aromatic carbocycles. The normalized spacial score (nSPS) is 11.2. The van der Waals surface area contributed by atoms with E-state index in [9.17, 15) is 0 Å². The summed E-state index contributed by atoms with van der Waals surface area (Å²) in [4.78, 5) is 4.88. The van der Waals surface area contributed by atoms with Crippen molar-refractivity contribution < 1.29 is 0 Å². The van der Waals surface area contributed by atoms with E-state index >= 15 is 0 Å². The van der Waals surface area contributed by atoms with Crippen LogP contribution in [0.15, 0.2) is 12.1 Å². The molecule has 1 rings (SSSR count). The largest absolute Gasteiger partial charge is 0.258 e. The van der Waals surface area contributed by atoms with Crippen LogP contribution in [-0.2, 0) is 12.8 Å². The van der Waals surface area contributed by atoms with Gasteiger partial charge in [-0.2, -0.15) is 0 Å². The SMILES string of the molecule is CCCCCCCCCCCc1c[c]cc(CCCCCCCCCCC)n1. The first-order valence-electron chi connectivity index (χ1n) is 12.7. The molecule has 0 saturated heterocycles. The van der Waals surface area contributed by atoms with Crippen LogP contribution in [0.25, 0.3) is 0 Å². The van der Waals surface area contributed by atoms with E-state index in [1.807, 2.05) is 0 Å². The maximum Gasteiger partial charge on any atom is 0.0413 e. The summed E-state index contributed by atoms with van der Waals surface area (Å²) in [5, 5.41) is 0. The van der Waals surface area contributed by atoms with Gasteiger partial charge >= 0.3 is 0 Å². The highest BCUT2D eigenvalue weighted by Crippen LogP contribution is 2.13. The third-order valence-corrected chi connectivity index (χ3v) is 5.86. The molecule has 0 atom stereocenters. The Labute approximate surface area is 177 Å². The van der Waals surface area contributed by atoms with Crippen LogP contribution in [0.1, 0.15) is 141 Å². The standard InChI is InChI=1S/C27H48N/c1-3-5-7-9-11-13-15-17-19-22-26-24-21-25-27(28-26)23-20-18-16-14-12-10-8-6-4-2/h24-25H,3-20,22-23H2,1-2H3. The lowest BCUT2D eigenvalue weighted by molar-refractivity contribution is 0.561. The zero-order valence-electron chi connectivity index (χ0n) is 19.2. The molecule has 0 saturated carbocycles. The lowest BCUT2D eigenvalue weighted by Crippen LogP contribution is -1.96. The highest BCUT2D eigenvalue weighted by molar-refractivity contribution is 5.10. The molecule has 0 unspecified atom stereocenters. The fourth-order valence-corrected chi connectivity index (χ4v) is 3.97. The third kappa shape index (κ3) is 15.1. The monoisotopic (exact) mass is 386 g/mol. The number of pyridine rings is 1. The second-order valence-corrected chi connectivity index (χ2v) is 8.71. The van der Waals surface area contributed by atoms with Gasteiger partial charge < -0.3 is 0 Å².